The maximum atomic E-state index is 11.1. The van der Waals surface area contributed by atoms with E-state index in [1.165, 1.54) is 0 Å². The molecule has 0 bridgehead atoms. The molecule has 0 radical (unpaired) electrons. The molecule has 0 aromatic carbocycles. The van der Waals surface area contributed by atoms with Crippen LogP contribution in [0.5, 0.6) is 0 Å². The van der Waals surface area contributed by atoms with Crippen LogP contribution in [0.1, 0.15) is 41.5 Å². The molecule has 0 fully saturated rings. The maximum absolute atomic E-state index is 11.1. The van der Waals surface area contributed by atoms with Gasteiger partial charge in [0.2, 0.25) is 5.88 Å². The molecule has 0 aromatic heterocycles. The molecule has 0 rings (SSSR count). The van der Waals surface area contributed by atoms with Crippen molar-refractivity contribution in [2.24, 2.45) is 10.2 Å². The number of rotatable bonds is 2. The van der Waals surface area contributed by atoms with E-state index in [-0.39, 0.29) is 5.88 Å². The van der Waals surface area contributed by atoms with Crippen LogP contribution < -0.4 is 0 Å². The Hall–Kier alpha value is -1.39. The van der Waals surface area contributed by atoms with E-state index < -0.39 is 17.3 Å². The molecule has 0 aliphatic heterocycles. The normalized spacial score (nSPS) is 12.6. The van der Waals surface area contributed by atoms with Gasteiger partial charge in [-0.15, -0.1) is 5.11 Å². The highest BCUT2D eigenvalue weighted by Crippen LogP contribution is 2.14. The average Bonchev–Trinajstić information content (AvgIpc) is 1.94. The topological polar surface area (TPSA) is 60.2 Å². The molecule has 0 saturated carbocycles. The molecule has 0 N–H and O–H groups in total. The Morgan fingerprint density at radius 3 is 1.75 bits per heavy atom. The molecule has 0 aliphatic rings. The summed E-state index contributed by atoms with van der Waals surface area (Å²) in [5.41, 5.74) is -0.994. The van der Waals surface area contributed by atoms with Crippen molar-refractivity contribution in [3.8, 4) is 0 Å². The number of ether oxygens (including phenoxy) is 2. The van der Waals surface area contributed by atoms with E-state index in [2.05, 4.69) is 16.8 Å². The lowest BCUT2D eigenvalue weighted by molar-refractivity contribution is 0.0455. The van der Waals surface area contributed by atoms with Gasteiger partial charge in [0.05, 0.1) is 0 Å². The van der Waals surface area contributed by atoms with Crippen molar-refractivity contribution in [1.82, 2.24) is 0 Å². The fraction of sp³-hybridized carbons (Fsp3) is 0.727. The van der Waals surface area contributed by atoms with Crippen molar-refractivity contribution in [3.63, 3.8) is 0 Å². The van der Waals surface area contributed by atoms with Crippen molar-refractivity contribution in [2.75, 3.05) is 0 Å². The molecule has 0 aliphatic carbocycles. The minimum absolute atomic E-state index is 0.0818. The third kappa shape index (κ3) is 9.18. The van der Waals surface area contributed by atoms with Gasteiger partial charge in [0.25, 0.3) is 0 Å². The first-order valence-electron chi connectivity index (χ1n) is 5.02. The first-order valence-corrected chi connectivity index (χ1v) is 5.02. The lowest BCUT2D eigenvalue weighted by Crippen LogP contribution is -2.21. The van der Waals surface area contributed by atoms with Gasteiger partial charge in [-0.3, -0.25) is 0 Å². The molecule has 5 nitrogen and oxygen atoms in total. The van der Waals surface area contributed by atoms with Crippen LogP contribution in [0.4, 0.5) is 4.79 Å². The first-order chi connectivity index (χ1) is 6.99. The van der Waals surface area contributed by atoms with E-state index in [1.54, 1.807) is 20.8 Å². The maximum Gasteiger partial charge on any atom is 0.453 e. The average molecular weight is 228 g/mol. The van der Waals surface area contributed by atoms with Gasteiger partial charge in [-0.05, 0) is 48.1 Å². The lowest BCUT2D eigenvalue weighted by atomic mass is 10.2. The van der Waals surface area contributed by atoms with E-state index in [0.717, 1.165) is 0 Å². The van der Waals surface area contributed by atoms with Crippen molar-refractivity contribution in [3.05, 3.63) is 12.5 Å². The van der Waals surface area contributed by atoms with Gasteiger partial charge in [-0.2, -0.15) is 0 Å². The van der Waals surface area contributed by atoms with E-state index in [9.17, 15) is 4.79 Å². The lowest BCUT2D eigenvalue weighted by Gasteiger charge is -2.20. The molecule has 0 heterocycles. The number of amides is 1. The summed E-state index contributed by atoms with van der Waals surface area (Å²) in [6, 6.07) is 0. The van der Waals surface area contributed by atoms with Crippen LogP contribution in [-0.4, -0.2) is 17.3 Å². The standard InChI is InChI=1S/C11H20N2O3/c1-8(15-10(2,3)4)12-13-9(14)16-11(5,6)7/h1H2,2-7H3. The third-order valence-corrected chi connectivity index (χ3v) is 1.06. The minimum Gasteiger partial charge on any atom is -0.471 e. The van der Waals surface area contributed by atoms with Gasteiger partial charge in [-0.25, -0.2) is 4.79 Å². The van der Waals surface area contributed by atoms with E-state index in [4.69, 9.17) is 9.47 Å². The van der Waals surface area contributed by atoms with Gasteiger partial charge in [-0.1, -0.05) is 5.11 Å². The molecule has 0 aromatic rings. The van der Waals surface area contributed by atoms with Crippen LogP contribution in [0, 0.1) is 0 Å². The third-order valence-electron chi connectivity index (χ3n) is 1.06. The van der Waals surface area contributed by atoms with E-state index in [1.807, 2.05) is 20.8 Å². The van der Waals surface area contributed by atoms with Gasteiger partial charge < -0.3 is 9.47 Å². The monoisotopic (exact) mass is 228 g/mol. The highest BCUT2D eigenvalue weighted by atomic mass is 16.6. The zero-order valence-corrected chi connectivity index (χ0v) is 10.8. The van der Waals surface area contributed by atoms with Crippen LogP contribution in [-0.2, 0) is 9.47 Å². The van der Waals surface area contributed by atoms with Crippen molar-refractivity contribution >= 4 is 6.09 Å². The highest BCUT2D eigenvalue weighted by Gasteiger charge is 2.16. The second kappa shape index (κ2) is 5.09. The Bertz CT molecular complexity index is 265. The summed E-state index contributed by atoms with van der Waals surface area (Å²) in [7, 11) is 0. The number of azo groups is 1. The fourth-order valence-corrected chi connectivity index (χ4v) is 0.753. The van der Waals surface area contributed by atoms with Gasteiger partial charge in [0.1, 0.15) is 11.2 Å². The second-order valence-corrected chi connectivity index (χ2v) is 5.29. The molecule has 0 spiro atoms. The Morgan fingerprint density at radius 2 is 1.38 bits per heavy atom. The van der Waals surface area contributed by atoms with Crippen molar-refractivity contribution in [2.45, 2.75) is 52.7 Å². The molecule has 0 atom stereocenters. The minimum atomic E-state index is -0.758. The Morgan fingerprint density at radius 1 is 0.938 bits per heavy atom. The SMILES string of the molecule is C=C(N=NC(=O)OC(C)(C)C)OC(C)(C)C. The number of hydrogen-bond acceptors (Lipinski definition) is 4. The Balaban J connectivity index is 4.20. The molecule has 0 unspecified atom stereocenters. The summed E-state index contributed by atoms with van der Waals surface area (Å²) >= 11 is 0. The zero-order valence-electron chi connectivity index (χ0n) is 10.8. The van der Waals surface area contributed by atoms with Crippen LogP contribution in [0.15, 0.2) is 22.7 Å². The first kappa shape index (κ1) is 14.6. The molecule has 5 heteroatoms. The van der Waals surface area contributed by atoms with Crippen LogP contribution in [0.3, 0.4) is 0 Å². The van der Waals surface area contributed by atoms with Gasteiger partial charge in [0, 0.05) is 0 Å². The summed E-state index contributed by atoms with van der Waals surface area (Å²) in [6.45, 7) is 14.3. The number of carbonyl (C=O) groups excluding carboxylic acids is 1. The summed E-state index contributed by atoms with van der Waals surface area (Å²) in [6.07, 6.45) is -0.758. The smallest absolute Gasteiger partial charge is 0.453 e. The molecular formula is C11H20N2O3. The van der Waals surface area contributed by atoms with Crippen molar-refractivity contribution < 1.29 is 14.3 Å². The second-order valence-electron chi connectivity index (χ2n) is 5.29. The Kier molecular flexibility index (Phi) is 4.65. The van der Waals surface area contributed by atoms with Gasteiger partial charge in [0.15, 0.2) is 0 Å². The zero-order chi connectivity index (χ0) is 13.0. The quantitative estimate of drug-likeness (QED) is 0.535. The summed E-state index contributed by atoms with van der Waals surface area (Å²) in [5, 5.41) is 6.86. The van der Waals surface area contributed by atoms with Crippen LogP contribution in [0.25, 0.3) is 0 Å². The number of carbonyl (C=O) groups is 1. The van der Waals surface area contributed by atoms with Crippen molar-refractivity contribution in [1.29, 1.82) is 0 Å². The number of hydrogen-bond donors (Lipinski definition) is 0. The summed E-state index contributed by atoms with van der Waals surface area (Å²) < 4.78 is 10.2. The predicted molar refractivity (Wildman–Crippen MR) is 61.1 cm³/mol. The molecule has 0 saturated heterocycles. The molecule has 1 amide bonds. The van der Waals surface area contributed by atoms with Gasteiger partial charge >= 0.3 is 6.09 Å². The summed E-state index contributed by atoms with van der Waals surface area (Å²) in [4.78, 5) is 11.1. The van der Waals surface area contributed by atoms with E-state index in [0.29, 0.717) is 0 Å². The molecular weight excluding hydrogens is 208 g/mol. The fourth-order valence-electron chi connectivity index (χ4n) is 0.753. The number of nitrogens with zero attached hydrogens (tertiary/aromatic N) is 2. The van der Waals surface area contributed by atoms with Crippen LogP contribution in [0.2, 0.25) is 0 Å². The van der Waals surface area contributed by atoms with E-state index >= 15 is 0 Å². The highest BCUT2D eigenvalue weighted by molar-refractivity contribution is 5.67. The molecule has 92 valence electrons. The molecule has 16 heavy (non-hydrogen) atoms. The summed E-state index contributed by atoms with van der Waals surface area (Å²) in [5.74, 6) is 0.0818. The largest absolute Gasteiger partial charge is 0.471 e. The predicted octanol–water partition coefficient (Wildman–Crippen LogP) is 3.66. The van der Waals surface area contributed by atoms with Crippen LogP contribution >= 0.6 is 0 Å². The Labute approximate surface area is 96.5 Å².